The largest absolute Gasteiger partial charge is 0.316 e. The van der Waals surface area contributed by atoms with Crippen LogP contribution in [0.15, 0.2) is 18.2 Å². The Hall–Kier alpha value is -1.66. The first-order valence-corrected chi connectivity index (χ1v) is 6.70. The summed E-state index contributed by atoms with van der Waals surface area (Å²) in [5, 5.41) is 5.99. The van der Waals surface area contributed by atoms with Crippen molar-refractivity contribution in [1.82, 2.24) is 14.9 Å². The van der Waals surface area contributed by atoms with E-state index in [0.717, 1.165) is 18.6 Å². The van der Waals surface area contributed by atoms with Crippen LogP contribution < -0.4 is 10.6 Å². The van der Waals surface area contributed by atoms with Crippen molar-refractivity contribution in [1.29, 1.82) is 0 Å². The second-order valence-corrected chi connectivity index (χ2v) is 5.32. The van der Waals surface area contributed by atoms with Crippen molar-refractivity contribution in [2.75, 3.05) is 18.4 Å². The van der Waals surface area contributed by atoms with Gasteiger partial charge in [0.05, 0.1) is 11.0 Å². The molecule has 1 aliphatic heterocycles. The molecule has 0 spiro atoms. The predicted molar refractivity (Wildman–Crippen MR) is 82.1 cm³/mol. The number of carbonyl (C=O) groups excluding carboxylic acids is 1. The minimum Gasteiger partial charge on any atom is -0.316 e. The van der Waals surface area contributed by atoms with Gasteiger partial charge in [-0.05, 0) is 31.1 Å². The summed E-state index contributed by atoms with van der Waals surface area (Å²) in [7, 11) is 1.80. The number of halogens is 2. The number of fused-ring (bicyclic) bond motifs is 1. The number of rotatable bonds is 3. The Kier molecular flexibility index (Phi) is 4.49. The van der Waals surface area contributed by atoms with Crippen molar-refractivity contribution in [2.45, 2.75) is 6.92 Å². The van der Waals surface area contributed by atoms with Crippen LogP contribution in [0.5, 0.6) is 0 Å². The van der Waals surface area contributed by atoms with Gasteiger partial charge < -0.3 is 9.88 Å². The molecule has 5 nitrogen and oxygen atoms in total. The fourth-order valence-corrected chi connectivity index (χ4v) is 2.39. The van der Waals surface area contributed by atoms with Gasteiger partial charge in [0.2, 0.25) is 11.9 Å². The van der Waals surface area contributed by atoms with E-state index in [1.165, 1.54) is 12.1 Å². The number of hydrogen-bond donors (Lipinski definition) is 2. The monoisotopic (exact) mass is 312 g/mol. The van der Waals surface area contributed by atoms with Crippen molar-refractivity contribution >= 4 is 35.3 Å². The molecule has 1 atom stereocenters. The van der Waals surface area contributed by atoms with Gasteiger partial charge in [-0.3, -0.25) is 10.1 Å². The summed E-state index contributed by atoms with van der Waals surface area (Å²) in [4.78, 5) is 16.5. The van der Waals surface area contributed by atoms with Crippen molar-refractivity contribution in [3.05, 3.63) is 24.0 Å². The summed E-state index contributed by atoms with van der Waals surface area (Å²) in [6, 6.07) is 4.41. The van der Waals surface area contributed by atoms with Crippen LogP contribution >= 0.6 is 12.4 Å². The van der Waals surface area contributed by atoms with Crippen LogP contribution in [-0.2, 0) is 11.8 Å². The lowest BCUT2D eigenvalue weighted by atomic mass is 9.88. The first-order valence-electron chi connectivity index (χ1n) is 6.70. The van der Waals surface area contributed by atoms with Crippen LogP contribution in [-0.4, -0.2) is 28.5 Å². The fourth-order valence-electron chi connectivity index (χ4n) is 2.39. The number of imidazole rings is 1. The van der Waals surface area contributed by atoms with E-state index in [-0.39, 0.29) is 30.0 Å². The normalized spacial score (nSPS) is 16.1. The van der Waals surface area contributed by atoms with Gasteiger partial charge in [-0.2, -0.15) is 0 Å². The Labute approximate surface area is 128 Å². The van der Waals surface area contributed by atoms with E-state index in [0.29, 0.717) is 17.4 Å². The number of nitrogens with one attached hydrogen (secondary N) is 2. The molecule has 0 saturated carbocycles. The van der Waals surface area contributed by atoms with Gasteiger partial charge >= 0.3 is 0 Å². The molecule has 0 radical (unpaired) electrons. The van der Waals surface area contributed by atoms with E-state index in [2.05, 4.69) is 15.6 Å². The van der Waals surface area contributed by atoms with Crippen molar-refractivity contribution in [3.8, 4) is 0 Å². The summed E-state index contributed by atoms with van der Waals surface area (Å²) >= 11 is 0. The smallest absolute Gasteiger partial charge is 0.229 e. The molecule has 2 heterocycles. The Morgan fingerprint density at radius 1 is 1.52 bits per heavy atom. The number of benzene rings is 1. The second kappa shape index (κ2) is 5.99. The molecule has 1 aromatic heterocycles. The Bertz CT molecular complexity index is 668. The molecule has 3 rings (SSSR count). The number of hydrogen-bond acceptors (Lipinski definition) is 3. The third-order valence-electron chi connectivity index (χ3n) is 4.01. The number of amides is 1. The van der Waals surface area contributed by atoms with E-state index in [9.17, 15) is 9.18 Å². The number of carbonyl (C=O) groups is 1. The summed E-state index contributed by atoms with van der Waals surface area (Å²) in [6.45, 7) is 3.67. The third-order valence-corrected chi connectivity index (χ3v) is 4.01. The van der Waals surface area contributed by atoms with Crippen LogP contribution in [0, 0.1) is 17.7 Å². The summed E-state index contributed by atoms with van der Waals surface area (Å²) in [5.41, 5.74) is 1.33. The standard InChI is InChI=1S/C14H17FN4O.ClH/c1-8(9-6-16-7-9)13(20)18-14-17-11-5-10(15)3-4-12(11)19(14)2;/h3-5,8-9,16H,6-7H2,1-2H3,(H,17,18,20);1H. The molecular formula is C14H18ClFN4O. The average Bonchev–Trinajstić information content (AvgIpc) is 2.63. The zero-order valence-corrected chi connectivity index (χ0v) is 12.7. The Balaban J connectivity index is 0.00000161. The highest BCUT2D eigenvalue weighted by Crippen LogP contribution is 2.21. The summed E-state index contributed by atoms with van der Waals surface area (Å²) in [5.74, 6) is 0.391. The Morgan fingerprint density at radius 3 is 2.86 bits per heavy atom. The molecule has 2 aromatic rings. The molecule has 2 N–H and O–H groups in total. The first-order chi connectivity index (χ1) is 9.56. The topological polar surface area (TPSA) is 59.0 Å². The molecular weight excluding hydrogens is 295 g/mol. The third kappa shape index (κ3) is 2.87. The molecule has 0 bridgehead atoms. The SMILES string of the molecule is CC(C(=O)Nc1nc2cc(F)ccc2n1C)C1CNC1.Cl. The number of aryl methyl sites for hydroxylation is 1. The average molecular weight is 313 g/mol. The number of aromatic nitrogens is 2. The lowest BCUT2D eigenvalue weighted by molar-refractivity contribution is -0.121. The van der Waals surface area contributed by atoms with E-state index < -0.39 is 0 Å². The molecule has 1 fully saturated rings. The van der Waals surface area contributed by atoms with E-state index in [4.69, 9.17) is 0 Å². The lowest BCUT2D eigenvalue weighted by Crippen LogP contribution is -2.48. The van der Waals surface area contributed by atoms with Crippen molar-refractivity contribution in [3.63, 3.8) is 0 Å². The molecule has 114 valence electrons. The van der Waals surface area contributed by atoms with Crippen molar-refractivity contribution < 1.29 is 9.18 Å². The first kappa shape index (κ1) is 15.7. The quantitative estimate of drug-likeness (QED) is 0.910. The van der Waals surface area contributed by atoms with Gasteiger partial charge in [0.1, 0.15) is 5.82 Å². The fraction of sp³-hybridized carbons (Fsp3) is 0.429. The maximum atomic E-state index is 13.2. The molecule has 7 heteroatoms. The van der Waals surface area contributed by atoms with Crippen LogP contribution in [0.1, 0.15) is 6.92 Å². The maximum absolute atomic E-state index is 13.2. The van der Waals surface area contributed by atoms with E-state index in [1.807, 2.05) is 6.92 Å². The highest BCUT2D eigenvalue weighted by atomic mass is 35.5. The van der Waals surface area contributed by atoms with Crippen LogP contribution in [0.25, 0.3) is 11.0 Å². The van der Waals surface area contributed by atoms with Gasteiger partial charge in [0.25, 0.3) is 0 Å². The van der Waals surface area contributed by atoms with Gasteiger partial charge in [0, 0.05) is 19.0 Å². The van der Waals surface area contributed by atoms with Crippen molar-refractivity contribution in [2.24, 2.45) is 18.9 Å². The highest BCUT2D eigenvalue weighted by Gasteiger charge is 2.29. The van der Waals surface area contributed by atoms with Gasteiger partial charge in [0.15, 0.2) is 0 Å². The number of nitrogens with zero attached hydrogens (tertiary/aromatic N) is 2. The molecule has 21 heavy (non-hydrogen) atoms. The minimum atomic E-state index is -0.331. The zero-order valence-electron chi connectivity index (χ0n) is 11.9. The molecule has 0 aliphatic carbocycles. The highest BCUT2D eigenvalue weighted by molar-refractivity contribution is 5.93. The molecule has 1 amide bonds. The number of anilines is 1. The van der Waals surface area contributed by atoms with Crippen LogP contribution in [0.3, 0.4) is 0 Å². The maximum Gasteiger partial charge on any atom is 0.229 e. The van der Waals surface area contributed by atoms with Crippen LogP contribution in [0.2, 0.25) is 0 Å². The van der Waals surface area contributed by atoms with Gasteiger partial charge in [-0.1, -0.05) is 6.92 Å². The molecule has 1 saturated heterocycles. The summed E-state index contributed by atoms with van der Waals surface area (Å²) < 4.78 is 14.9. The van der Waals surface area contributed by atoms with E-state index >= 15 is 0 Å². The van der Waals surface area contributed by atoms with Gasteiger partial charge in [-0.25, -0.2) is 9.37 Å². The molecule has 1 aliphatic rings. The van der Waals surface area contributed by atoms with Gasteiger partial charge in [-0.15, -0.1) is 12.4 Å². The Morgan fingerprint density at radius 2 is 2.24 bits per heavy atom. The zero-order chi connectivity index (χ0) is 14.3. The molecule has 1 unspecified atom stereocenters. The van der Waals surface area contributed by atoms with E-state index in [1.54, 1.807) is 17.7 Å². The second-order valence-electron chi connectivity index (χ2n) is 5.32. The van der Waals surface area contributed by atoms with Crippen LogP contribution in [0.4, 0.5) is 10.3 Å². The lowest BCUT2D eigenvalue weighted by Gasteiger charge is -2.31. The summed E-state index contributed by atoms with van der Waals surface area (Å²) in [6.07, 6.45) is 0. The predicted octanol–water partition coefficient (Wildman–Crippen LogP) is 1.93. The molecule has 1 aromatic carbocycles. The minimum absolute atomic E-state index is 0.